The van der Waals surface area contributed by atoms with E-state index in [-0.39, 0.29) is 36.0 Å². The topological polar surface area (TPSA) is 96.5 Å². The molecule has 7 nitrogen and oxygen atoms in total. The van der Waals surface area contributed by atoms with Crippen molar-refractivity contribution in [2.75, 3.05) is 13.1 Å². The van der Waals surface area contributed by atoms with E-state index >= 15 is 0 Å². The SMILES string of the molecule is CCc1noc([C@]2(O)CCN(S(=O)(=O)Cc3cc(Cl)ccc3F)C2)n1. The number of aryl methyl sites for hydroxylation is 1. The first-order chi connectivity index (χ1) is 11.7. The lowest BCUT2D eigenvalue weighted by Crippen LogP contribution is -2.35. The van der Waals surface area contributed by atoms with Gasteiger partial charge in [0.1, 0.15) is 5.82 Å². The molecular weight excluding hydrogens is 373 g/mol. The van der Waals surface area contributed by atoms with Gasteiger partial charge in [0.05, 0.1) is 12.3 Å². The van der Waals surface area contributed by atoms with Crippen LogP contribution in [0.4, 0.5) is 4.39 Å². The molecule has 1 N–H and O–H groups in total. The van der Waals surface area contributed by atoms with Gasteiger partial charge in [-0.15, -0.1) is 0 Å². The fraction of sp³-hybridized carbons (Fsp3) is 0.467. The highest BCUT2D eigenvalue weighted by atomic mass is 35.5. The van der Waals surface area contributed by atoms with Gasteiger partial charge in [-0.25, -0.2) is 12.8 Å². The summed E-state index contributed by atoms with van der Waals surface area (Å²) in [6, 6.07) is 3.75. The van der Waals surface area contributed by atoms with Crippen LogP contribution in [0, 0.1) is 5.82 Å². The van der Waals surface area contributed by atoms with Crippen LogP contribution in [0.2, 0.25) is 5.02 Å². The number of halogens is 2. The van der Waals surface area contributed by atoms with Crippen LogP contribution in [0.1, 0.15) is 30.6 Å². The molecule has 3 rings (SSSR count). The van der Waals surface area contributed by atoms with E-state index in [0.29, 0.717) is 12.2 Å². The fourth-order valence-electron chi connectivity index (χ4n) is 2.70. The molecule has 10 heteroatoms. The van der Waals surface area contributed by atoms with Gasteiger partial charge in [-0.05, 0) is 18.2 Å². The fourth-order valence-corrected chi connectivity index (χ4v) is 4.47. The number of rotatable bonds is 5. The smallest absolute Gasteiger partial charge is 0.260 e. The van der Waals surface area contributed by atoms with Crippen LogP contribution in [0.3, 0.4) is 0 Å². The van der Waals surface area contributed by atoms with Crippen LogP contribution in [0.5, 0.6) is 0 Å². The molecular formula is C15H17ClFN3O4S. The lowest BCUT2D eigenvalue weighted by atomic mass is 10.0. The maximum atomic E-state index is 13.8. The summed E-state index contributed by atoms with van der Waals surface area (Å²) in [6.45, 7) is 1.69. The normalized spacial score (nSPS) is 21.8. The first kappa shape index (κ1) is 18.2. The second-order valence-corrected chi connectivity index (χ2v) is 8.38. The Hall–Kier alpha value is -1.55. The molecule has 1 atom stereocenters. The Kier molecular flexibility index (Phi) is 4.84. The van der Waals surface area contributed by atoms with Crippen molar-refractivity contribution < 1.29 is 22.4 Å². The zero-order chi connectivity index (χ0) is 18.2. The van der Waals surface area contributed by atoms with Crippen LogP contribution in [-0.4, -0.2) is 41.1 Å². The highest BCUT2D eigenvalue weighted by Crippen LogP contribution is 2.33. The number of sulfonamides is 1. The quantitative estimate of drug-likeness (QED) is 0.838. The number of aromatic nitrogens is 2. The number of benzene rings is 1. The summed E-state index contributed by atoms with van der Waals surface area (Å²) >= 11 is 5.80. The van der Waals surface area contributed by atoms with Crippen molar-refractivity contribution in [3.63, 3.8) is 0 Å². The highest BCUT2D eigenvalue weighted by molar-refractivity contribution is 7.88. The summed E-state index contributed by atoms with van der Waals surface area (Å²) < 4.78 is 45.1. The third kappa shape index (κ3) is 3.69. The molecule has 1 saturated heterocycles. The molecule has 0 saturated carbocycles. The van der Waals surface area contributed by atoms with Crippen molar-refractivity contribution >= 4 is 21.6 Å². The van der Waals surface area contributed by atoms with Crippen molar-refractivity contribution in [3.05, 3.63) is 46.3 Å². The van der Waals surface area contributed by atoms with Crippen molar-refractivity contribution in [2.24, 2.45) is 0 Å². The van der Waals surface area contributed by atoms with Crippen molar-refractivity contribution in [1.29, 1.82) is 0 Å². The molecule has 25 heavy (non-hydrogen) atoms. The van der Waals surface area contributed by atoms with Gasteiger partial charge < -0.3 is 9.63 Å². The van der Waals surface area contributed by atoms with Gasteiger partial charge in [-0.3, -0.25) is 0 Å². The molecule has 0 radical (unpaired) electrons. The van der Waals surface area contributed by atoms with Crippen LogP contribution in [0.15, 0.2) is 22.7 Å². The number of hydrogen-bond donors (Lipinski definition) is 1. The lowest BCUT2D eigenvalue weighted by Gasteiger charge is -2.19. The first-order valence-corrected chi connectivity index (χ1v) is 9.69. The first-order valence-electron chi connectivity index (χ1n) is 7.71. The molecule has 0 amide bonds. The molecule has 0 spiro atoms. The number of β-amino-alcohol motifs (C(OH)–C–C–N with tert-alkyl or cyclic N) is 1. The Bertz CT molecular complexity index is 889. The molecule has 1 aliphatic heterocycles. The molecule has 0 bridgehead atoms. The van der Waals surface area contributed by atoms with E-state index in [9.17, 15) is 17.9 Å². The Morgan fingerprint density at radius 2 is 2.24 bits per heavy atom. The highest BCUT2D eigenvalue weighted by Gasteiger charge is 2.46. The minimum Gasteiger partial charge on any atom is -0.379 e. The summed E-state index contributed by atoms with van der Waals surface area (Å²) in [5.74, 6) is -0.756. The predicted molar refractivity (Wildman–Crippen MR) is 87.8 cm³/mol. The van der Waals surface area contributed by atoms with Crippen LogP contribution in [-0.2, 0) is 27.8 Å². The second kappa shape index (κ2) is 6.64. The molecule has 1 aliphatic rings. The van der Waals surface area contributed by atoms with E-state index in [4.69, 9.17) is 16.1 Å². The molecule has 2 heterocycles. The molecule has 0 aliphatic carbocycles. The van der Waals surface area contributed by atoms with Gasteiger partial charge in [0.2, 0.25) is 10.0 Å². The summed E-state index contributed by atoms with van der Waals surface area (Å²) in [5.41, 5.74) is -1.56. The van der Waals surface area contributed by atoms with Crippen molar-refractivity contribution in [3.8, 4) is 0 Å². The molecule has 1 aromatic heterocycles. The molecule has 1 aromatic carbocycles. The van der Waals surface area contributed by atoms with Gasteiger partial charge in [0, 0.05) is 30.0 Å². The van der Waals surface area contributed by atoms with Gasteiger partial charge in [0.15, 0.2) is 11.4 Å². The van der Waals surface area contributed by atoms with E-state index in [1.165, 1.54) is 12.1 Å². The van der Waals surface area contributed by atoms with Crippen molar-refractivity contribution in [2.45, 2.75) is 31.1 Å². The molecule has 1 fully saturated rings. The van der Waals surface area contributed by atoms with Crippen LogP contribution < -0.4 is 0 Å². The number of hydrogen-bond acceptors (Lipinski definition) is 6. The van der Waals surface area contributed by atoms with Crippen LogP contribution >= 0.6 is 11.6 Å². The summed E-state index contributed by atoms with van der Waals surface area (Å²) in [5, 5.41) is 14.6. The van der Waals surface area contributed by atoms with E-state index in [1.807, 2.05) is 6.92 Å². The Morgan fingerprint density at radius 3 is 2.92 bits per heavy atom. The number of nitrogens with zero attached hydrogens (tertiary/aromatic N) is 3. The zero-order valence-electron chi connectivity index (χ0n) is 13.4. The van der Waals surface area contributed by atoms with E-state index in [0.717, 1.165) is 10.4 Å². The third-order valence-electron chi connectivity index (χ3n) is 4.13. The average Bonchev–Trinajstić information content (AvgIpc) is 3.18. The molecule has 0 unspecified atom stereocenters. The number of aliphatic hydroxyl groups is 1. The lowest BCUT2D eigenvalue weighted by molar-refractivity contribution is 0.0194. The Morgan fingerprint density at radius 1 is 1.48 bits per heavy atom. The summed E-state index contributed by atoms with van der Waals surface area (Å²) in [6.07, 6.45) is 0.658. The summed E-state index contributed by atoms with van der Waals surface area (Å²) in [4.78, 5) is 4.08. The Balaban J connectivity index is 1.79. The largest absolute Gasteiger partial charge is 0.379 e. The standard InChI is InChI=1S/C15H17ClFN3O4S/c1-2-13-18-14(24-19-13)15(21)5-6-20(9-15)25(22,23)8-10-7-11(16)3-4-12(10)17/h3-4,7,21H,2,5-6,8-9H2,1H3/t15-/m0/s1. The maximum Gasteiger partial charge on any atom is 0.260 e. The van der Waals surface area contributed by atoms with Gasteiger partial charge in [-0.1, -0.05) is 23.7 Å². The minimum atomic E-state index is -3.85. The minimum absolute atomic E-state index is 0.00372. The van der Waals surface area contributed by atoms with Crippen LogP contribution in [0.25, 0.3) is 0 Å². The third-order valence-corrected chi connectivity index (χ3v) is 6.14. The molecule has 2 aromatic rings. The van der Waals surface area contributed by atoms with E-state index in [1.54, 1.807) is 0 Å². The maximum absolute atomic E-state index is 13.8. The monoisotopic (exact) mass is 389 g/mol. The van der Waals surface area contributed by atoms with Gasteiger partial charge in [0.25, 0.3) is 5.89 Å². The van der Waals surface area contributed by atoms with E-state index < -0.39 is 27.2 Å². The average molecular weight is 390 g/mol. The molecule has 136 valence electrons. The van der Waals surface area contributed by atoms with Gasteiger partial charge >= 0.3 is 0 Å². The predicted octanol–water partition coefficient (Wildman–Crippen LogP) is 1.85. The zero-order valence-corrected chi connectivity index (χ0v) is 15.0. The summed E-state index contributed by atoms with van der Waals surface area (Å²) in [7, 11) is -3.85. The second-order valence-electron chi connectivity index (χ2n) is 5.98. The van der Waals surface area contributed by atoms with E-state index in [2.05, 4.69) is 10.1 Å². The van der Waals surface area contributed by atoms with Gasteiger partial charge in [-0.2, -0.15) is 9.29 Å². The Labute approximate surface area is 149 Å². The van der Waals surface area contributed by atoms with Crippen molar-refractivity contribution in [1.82, 2.24) is 14.4 Å².